The molecule has 0 aromatic heterocycles. The molecule has 2 heterocycles. The second-order valence-corrected chi connectivity index (χ2v) is 7.27. The van der Waals surface area contributed by atoms with Gasteiger partial charge in [-0.2, -0.15) is 0 Å². The largest absolute Gasteiger partial charge is 0.338 e. The second kappa shape index (κ2) is 5.19. The van der Waals surface area contributed by atoms with Crippen LogP contribution < -0.4 is 5.73 Å². The van der Waals surface area contributed by atoms with Crippen molar-refractivity contribution >= 4 is 17.7 Å². The Morgan fingerprint density at radius 2 is 2.29 bits per heavy atom. The summed E-state index contributed by atoms with van der Waals surface area (Å²) in [6.07, 6.45) is 4.49. The molecule has 17 heavy (non-hydrogen) atoms. The van der Waals surface area contributed by atoms with Gasteiger partial charge in [-0.3, -0.25) is 4.79 Å². The maximum atomic E-state index is 12.7. The minimum atomic E-state index is -0.162. The number of hydrogen-bond donors (Lipinski definition) is 1. The molecule has 3 unspecified atom stereocenters. The molecule has 0 spiro atoms. The molecule has 1 amide bonds. The van der Waals surface area contributed by atoms with Crippen LogP contribution in [-0.4, -0.2) is 40.4 Å². The molecule has 0 aromatic rings. The average Bonchev–Trinajstić information content (AvgIpc) is 2.77. The van der Waals surface area contributed by atoms with Crippen LogP contribution in [0.25, 0.3) is 0 Å². The van der Waals surface area contributed by atoms with E-state index in [1.54, 1.807) is 0 Å². The van der Waals surface area contributed by atoms with E-state index in [9.17, 15) is 4.79 Å². The highest BCUT2D eigenvalue weighted by Crippen LogP contribution is 2.40. The molecular formula is C13H24N2OS. The van der Waals surface area contributed by atoms with Gasteiger partial charge in [0.25, 0.3) is 0 Å². The van der Waals surface area contributed by atoms with Crippen LogP contribution in [0.3, 0.4) is 0 Å². The Morgan fingerprint density at radius 3 is 2.88 bits per heavy atom. The normalized spacial score (nSPS) is 38.4. The van der Waals surface area contributed by atoms with Gasteiger partial charge in [-0.15, -0.1) is 11.8 Å². The molecule has 2 aliphatic rings. The van der Waals surface area contributed by atoms with Crippen molar-refractivity contribution in [1.82, 2.24) is 4.90 Å². The number of thioether (sulfide) groups is 1. The smallest absolute Gasteiger partial charge is 0.238 e. The molecule has 3 nitrogen and oxygen atoms in total. The van der Waals surface area contributed by atoms with Crippen LogP contribution in [0.2, 0.25) is 0 Å². The molecular weight excluding hydrogens is 232 g/mol. The third-order valence-electron chi connectivity index (χ3n) is 4.25. The van der Waals surface area contributed by atoms with E-state index in [0.717, 1.165) is 25.1 Å². The summed E-state index contributed by atoms with van der Waals surface area (Å²) in [5.41, 5.74) is 5.75. The third kappa shape index (κ3) is 2.63. The minimum absolute atomic E-state index is 0.162. The topological polar surface area (TPSA) is 46.3 Å². The molecule has 2 aliphatic heterocycles. The molecule has 0 aliphatic carbocycles. The minimum Gasteiger partial charge on any atom is -0.338 e. The van der Waals surface area contributed by atoms with Crippen LogP contribution in [-0.2, 0) is 4.79 Å². The highest BCUT2D eigenvalue weighted by Gasteiger charge is 2.42. The van der Waals surface area contributed by atoms with Crippen molar-refractivity contribution in [3.8, 4) is 0 Å². The molecule has 98 valence electrons. The fourth-order valence-corrected chi connectivity index (χ4v) is 4.18. The fourth-order valence-electron chi connectivity index (χ4n) is 2.91. The van der Waals surface area contributed by atoms with Gasteiger partial charge >= 0.3 is 0 Å². The van der Waals surface area contributed by atoms with Gasteiger partial charge in [-0.25, -0.2) is 0 Å². The maximum Gasteiger partial charge on any atom is 0.238 e. The standard InChI is InChI=1S/C13H24N2OS/c1-10-4-5-11(8-14)9-15(10)12(16)13(2)6-3-7-17-13/h10-11H,3-9,14H2,1-2H3. The van der Waals surface area contributed by atoms with Gasteiger partial charge in [-0.1, -0.05) is 0 Å². The van der Waals surface area contributed by atoms with Crippen molar-refractivity contribution in [2.45, 2.75) is 50.3 Å². The van der Waals surface area contributed by atoms with E-state index in [1.807, 2.05) is 11.8 Å². The predicted octanol–water partition coefficient (Wildman–Crippen LogP) is 1.86. The second-order valence-electron chi connectivity index (χ2n) is 5.67. The number of nitrogens with two attached hydrogens (primary N) is 1. The zero-order chi connectivity index (χ0) is 12.5. The van der Waals surface area contributed by atoms with Crippen LogP contribution in [0, 0.1) is 5.92 Å². The average molecular weight is 256 g/mol. The fraction of sp³-hybridized carbons (Fsp3) is 0.923. The number of rotatable bonds is 2. The summed E-state index contributed by atoms with van der Waals surface area (Å²) >= 11 is 1.83. The summed E-state index contributed by atoms with van der Waals surface area (Å²) in [5, 5.41) is 0. The van der Waals surface area contributed by atoms with Crippen molar-refractivity contribution in [1.29, 1.82) is 0 Å². The molecule has 3 atom stereocenters. The van der Waals surface area contributed by atoms with Crippen molar-refractivity contribution < 1.29 is 4.79 Å². The highest BCUT2D eigenvalue weighted by atomic mass is 32.2. The van der Waals surface area contributed by atoms with Gasteiger partial charge in [0.2, 0.25) is 5.91 Å². The summed E-state index contributed by atoms with van der Waals surface area (Å²) in [5.74, 6) is 1.99. The van der Waals surface area contributed by atoms with E-state index in [0.29, 0.717) is 24.4 Å². The van der Waals surface area contributed by atoms with Gasteiger partial charge in [0.1, 0.15) is 0 Å². The Bertz CT molecular complexity index is 289. The lowest BCUT2D eigenvalue weighted by molar-refractivity contribution is -0.137. The van der Waals surface area contributed by atoms with E-state index in [2.05, 4.69) is 18.7 Å². The van der Waals surface area contributed by atoms with Crippen LogP contribution in [0.5, 0.6) is 0 Å². The Balaban J connectivity index is 2.06. The molecule has 4 heteroatoms. The Hall–Kier alpha value is -0.220. The third-order valence-corrected chi connectivity index (χ3v) is 5.75. The molecule has 2 saturated heterocycles. The quantitative estimate of drug-likeness (QED) is 0.820. The van der Waals surface area contributed by atoms with E-state index in [4.69, 9.17) is 5.73 Å². The lowest BCUT2D eigenvalue weighted by atomic mass is 9.91. The molecule has 2 N–H and O–H groups in total. The lowest BCUT2D eigenvalue weighted by Crippen LogP contribution is -2.53. The number of carbonyl (C=O) groups is 1. The zero-order valence-electron chi connectivity index (χ0n) is 10.9. The van der Waals surface area contributed by atoms with E-state index >= 15 is 0 Å². The Labute approximate surface area is 108 Å². The summed E-state index contributed by atoms with van der Waals surface area (Å²) in [7, 11) is 0. The Morgan fingerprint density at radius 1 is 1.53 bits per heavy atom. The molecule has 0 saturated carbocycles. The van der Waals surface area contributed by atoms with Gasteiger partial charge in [0.05, 0.1) is 4.75 Å². The molecule has 0 aromatic carbocycles. The van der Waals surface area contributed by atoms with E-state index in [-0.39, 0.29) is 4.75 Å². The van der Waals surface area contributed by atoms with Crippen LogP contribution in [0.15, 0.2) is 0 Å². The number of hydrogen-bond acceptors (Lipinski definition) is 3. The summed E-state index contributed by atoms with van der Waals surface area (Å²) in [6.45, 7) is 5.87. The van der Waals surface area contributed by atoms with Gasteiger partial charge < -0.3 is 10.6 Å². The van der Waals surface area contributed by atoms with Gasteiger partial charge in [0, 0.05) is 12.6 Å². The summed E-state index contributed by atoms with van der Waals surface area (Å²) < 4.78 is -0.162. The SMILES string of the molecule is CC1CCC(CN)CN1C(=O)C1(C)CCCS1. The summed E-state index contributed by atoms with van der Waals surface area (Å²) in [6, 6.07) is 0.392. The van der Waals surface area contributed by atoms with E-state index < -0.39 is 0 Å². The first-order chi connectivity index (χ1) is 8.07. The van der Waals surface area contributed by atoms with Crippen LogP contribution in [0.1, 0.15) is 39.5 Å². The van der Waals surface area contributed by atoms with Crippen molar-refractivity contribution in [2.24, 2.45) is 11.7 Å². The van der Waals surface area contributed by atoms with Crippen LogP contribution in [0.4, 0.5) is 0 Å². The Kier molecular flexibility index (Phi) is 4.03. The number of likely N-dealkylation sites (tertiary alicyclic amines) is 1. The predicted molar refractivity (Wildman–Crippen MR) is 73.1 cm³/mol. The first kappa shape index (κ1) is 13.2. The number of nitrogens with zero attached hydrogens (tertiary/aromatic N) is 1. The highest BCUT2D eigenvalue weighted by molar-refractivity contribution is 8.01. The summed E-state index contributed by atoms with van der Waals surface area (Å²) in [4.78, 5) is 14.8. The zero-order valence-corrected chi connectivity index (χ0v) is 11.8. The van der Waals surface area contributed by atoms with Crippen molar-refractivity contribution in [3.05, 3.63) is 0 Å². The van der Waals surface area contributed by atoms with Gasteiger partial charge in [0.15, 0.2) is 0 Å². The number of carbonyl (C=O) groups excluding carboxylic acids is 1. The van der Waals surface area contributed by atoms with Crippen molar-refractivity contribution in [3.63, 3.8) is 0 Å². The molecule has 0 radical (unpaired) electrons. The monoisotopic (exact) mass is 256 g/mol. The molecule has 0 bridgehead atoms. The first-order valence-electron chi connectivity index (χ1n) is 6.72. The number of amides is 1. The number of piperidine rings is 1. The van der Waals surface area contributed by atoms with Gasteiger partial charge in [-0.05, 0) is 57.7 Å². The van der Waals surface area contributed by atoms with E-state index in [1.165, 1.54) is 12.8 Å². The first-order valence-corrected chi connectivity index (χ1v) is 7.70. The van der Waals surface area contributed by atoms with Crippen LogP contribution >= 0.6 is 11.8 Å². The molecule has 2 rings (SSSR count). The molecule has 2 fully saturated rings. The lowest BCUT2D eigenvalue weighted by Gasteiger charge is -2.41. The maximum absolute atomic E-state index is 12.7. The van der Waals surface area contributed by atoms with Crippen molar-refractivity contribution in [2.75, 3.05) is 18.8 Å².